The minimum absolute atomic E-state index is 0.638. The SMILES string of the molecule is Cc1noc(C)c1-c1cncc(CC[C@H]2CCCN2)n1. The lowest BCUT2D eigenvalue weighted by Gasteiger charge is -2.09. The van der Waals surface area contributed by atoms with Crippen molar-refractivity contribution < 1.29 is 4.52 Å². The lowest BCUT2D eigenvalue weighted by molar-refractivity contribution is 0.393. The van der Waals surface area contributed by atoms with Crippen LogP contribution < -0.4 is 5.32 Å². The topological polar surface area (TPSA) is 63.8 Å². The van der Waals surface area contributed by atoms with Gasteiger partial charge in [0.05, 0.1) is 28.8 Å². The van der Waals surface area contributed by atoms with E-state index >= 15 is 0 Å². The predicted octanol–water partition coefficient (Wildman–Crippen LogP) is 2.43. The highest BCUT2D eigenvalue weighted by molar-refractivity contribution is 5.62. The summed E-state index contributed by atoms with van der Waals surface area (Å²) in [5, 5.41) is 7.49. The Labute approximate surface area is 118 Å². The third-order valence-electron chi connectivity index (χ3n) is 3.89. The highest BCUT2D eigenvalue weighted by atomic mass is 16.5. The normalized spacial score (nSPS) is 18.6. The molecule has 5 nitrogen and oxygen atoms in total. The smallest absolute Gasteiger partial charge is 0.143 e. The van der Waals surface area contributed by atoms with E-state index in [2.05, 4.69) is 15.5 Å². The molecule has 106 valence electrons. The van der Waals surface area contributed by atoms with Gasteiger partial charge in [0, 0.05) is 12.2 Å². The Morgan fingerprint density at radius 3 is 2.95 bits per heavy atom. The summed E-state index contributed by atoms with van der Waals surface area (Å²) in [7, 11) is 0. The fourth-order valence-electron chi connectivity index (χ4n) is 2.82. The largest absolute Gasteiger partial charge is 0.361 e. The van der Waals surface area contributed by atoms with E-state index in [-0.39, 0.29) is 0 Å². The molecule has 0 aromatic carbocycles. The zero-order valence-electron chi connectivity index (χ0n) is 12.0. The average molecular weight is 272 g/mol. The molecular formula is C15H20N4O. The highest BCUT2D eigenvalue weighted by Crippen LogP contribution is 2.24. The van der Waals surface area contributed by atoms with Crippen LogP contribution in [0.4, 0.5) is 0 Å². The Kier molecular flexibility index (Phi) is 3.78. The summed E-state index contributed by atoms with van der Waals surface area (Å²) in [5.74, 6) is 0.798. The zero-order valence-corrected chi connectivity index (χ0v) is 12.0. The molecule has 1 saturated heterocycles. The van der Waals surface area contributed by atoms with E-state index in [0.717, 1.165) is 47.8 Å². The molecule has 5 heteroatoms. The van der Waals surface area contributed by atoms with Crippen molar-refractivity contribution in [3.63, 3.8) is 0 Å². The summed E-state index contributed by atoms with van der Waals surface area (Å²) in [5.41, 5.74) is 3.74. The highest BCUT2D eigenvalue weighted by Gasteiger charge is 2.16. The summed E-state index contributed by atoms with van der Waals surface area (Å²) in [6, 6.07) is 0.638. The molecule has 0 spiro atoms. The first kappa shape index (κ1) is 13.2. The number of hydrogen-bond donors (Lipinski definition) is 1. The Balaban J connectivity index is 1.75. The van der Waals surface area contributed by atoms with E-state index in [1.54, 1.807) is 6.20 Å². The van der Waals surface area contributed by atoms with E-state index in [1.807, 2.05) is 20.0 Å². The molecule has 0 bridgehead atoms. The van der Waals surface area contributed by atoms with Gasteiger partial charge in [-0.15, -0.1) is 0 Å². The summed E-state index contributed by atoms with van der Waals surface area (Å²) in [4.78, 5) is 9.02. The number of nitrogens with one attached hydrogen (secondary N) is 1. The second kappa shape index (κ2) is 5.71. The van der Waals surface area contributed by atoms with Crippen LogP contribution in [0.3, 0.4) is 0 Å². The molecular weight excluding hydrogens is 252 g/mol. The van der Waals surface area contributed by atoms with Crippen LogP contribution in [0.15, 0.2) is 16.9 Å². The van der Waals surface area contributed by atoms with Crippen molar-refractivity contribution in [3.05, 3.63) is 29.5 Å². The predicted molar refractivity (Wildman–Crippen MR) is 76.3 cm³/mol. The molecule has 3 heterocycles. The molecule has 1 atom stereocenters. The fraction of sp³-hybridized carbons (Fsp3) is 0.533. The Hall–Kier alpha value is -1.75. The van der Waals surface area contributed by atoms with Gasteiger partial charge < -0.3 is 9.84 Å². The van der Waals surface area contributed by atoms with Crippen LogP contribution in [0.25, 0.3) is 11.3 Å². The summed E-state index contributed by atoms with van der Waals surface area (Å²) >= 11 is 0. The van der Waals surface area contributed by atoms with E-state index in [1.165, 1.54) is 12.8 Å². The molecule has 3 rings (SSSR count). The minimum Gasteiger partial charge on any atom is -0.361 e. The van der Waals surface area contributed by atoms with Gasteiger partial charge in [-0.25, -0.2) is 4.98 Å². The Morgan fingerprint density at radius 2 is 2.25 bits per heavy atom. The lowest BCUT2D eigenvalue weighted by Crippen LogP contribution is -2.21. The zero-order chi connectivity index (χ0) is 13.9. The van der Waals surface area contributed by atoms with Crippen LogP contribution in [0, 0.1) is 13.8 Å². The fourth-order valence-corrected chi connectivity index (χ4v) is 2.82. The van der Waals surface area contributed by atoms with Crippen molar-refractivity contribution in [2.24, 2.45) is 0 Å². The van der Waals surface area contributed by atoms with Gasteiger partial charge in [0.15, 0.2) is 0 Å². The Bertz CT molecular complexity index is 568. The first-order valence-electron chi connectivity index (χ1n) is 7.21. The van der Waals surface area contributed by atoms with E-state index in [4.69, 9.17) is 9.51 Å². The number of hydrogen-bond acceptors (Lipinski definition) is 5. The monoisotopic (exact) mass is 272 g/mol. The molecule has 20 heavy (non-hydrogen) atoms. The van der Waals surface area contributed by atoms with Crippen LogP contribution in [0.1, 0.15) is 36.4 Å². The van der Waals surface area contributed by atoms with E-state index in [9.17, 15) is 0 Å². The summed E-state index contributed by atoms with van der Waals surface area (Å²) in [6.45, 7) is 4.99. The van der Waals surface area contributed by atoms with Crippen molar-refractivity contribution >= 4 is 0 Å². The van der Waals surface area contributed by atoms with Gasteiger partial charge in [-0.3, -0.25) is 4.98 Å². The van der Waals surface area contributed by atoms with E-state index < -0.39 is 0 Å². The van der Waals surface area contributed by atoms with Crippen LogP contribution in [0.5, 0.6) is 0 Å². The maximum absolute atomic E-state index is 5.20. The molecule has 1 N–H and O–H groups in total. The van der Waals surface area contributed by atoms with Gasteiger partial charge >= 0.3 is 0 Å². The van der Waals surface area contributed by atoms with Gasteiger partial charge in [-0.1, -0.05) is 5.16 Å². The third kappa shape index (κ3) is 2.72. The van der Waals surface area contributed by atoms with Gasteiger partial charge in [0.2, 0.25) is 0 Å². The summed E-state index contributed by atoms with van der Waals surface area (Å²) < 4.78 is 5.20. The van der Waals surface area contributed by atoms with Gasteiger partial charge in [0.25, 0.3) is 0 Å². The second-order valence-electron chi connectivity index (χ2n) is 5.43. The molecule has 1 aliphatic rings. The molecule has 0 unspecified atom stereocenters. The van der Waals surface area contributed by atoms with Crippen LogP contribution >= 0.6 is 0 Å². The quantitative estimate of drug-likeness (QED) is 0.926. The molecule has 2 aromatic heterocycles. The van der Waals surface area contributed by atoms with Crippen molar-refractivity contribution in [3.8, 4) is 11.3 Å². The molecule has 1 fully saturated rings. The first-order chi connectivity index (χ1) is 9.74. The molecule has 0 saturated carbocycles. The van der Waals surface area contributed by atoms with Crippen LogP contribution in [0.2, 0.25) is 0 Å². The molecule has 1 aliphatic heterocycles. The molecule has 0 amide bonds. The van der Waals surface area contributed by atoms with Gasteiger partial charge in [-0.05, 0) is 46.1 Å². The Morgan fingerprint density at radius 1 is 1.35 bits per heavy atom. The average Bonchev–Trinajstić information content (AvgIpc) is 3.07. The van der Waals surface area contributed by atoms with Crippen molar-refractivity contribution in [2.45, 2.75) is 45.6 Å². The van der Waals surface area contributed by atoms with Gasteiger partial charge in [-0.2, -0.15) is 0 Å². The van der Waals surface area contributed by atoms with Gasteiger partial charge in [0.1, 0.15) is 5.76 Å². The van der Waals surface area contributed by atoms with Crippen LogP contribution in [-0.2, 0) is 6.42 Å². The molecule has 2 aromatic rings. The molecule has 0 aliphatic carbocycles. The number of aryl methyl sites for hydroxylation is 3. The van der Waals surface area contributed by atoms with Crippen molar-refractivity contribution in [2.75, 3.05) is 6.54 Å². The number of aromatic nitrogens is 3. The molecule has 0 radical (unpaired) electrons. The van der Waals surface area contributed by atoms with Crippen molar-refractivity contribution in [1.82, 2.24) is 20.4 Å². The van der Waals surface area contributed by atoms with E-state index in [0.29, 0.717) is 6.04 Å². The minimum atomic E-state index is 0.638. The standard InChI is InChI=1S/C15H20N4O/c1-10-15(11(2)20-19-10)14-9-16-8-13(18-14)6-5-12-4-3-7-17-12/h8-9,12,17H,3-7H2,1-2H3/t12-/m1/s1. The number of nitrogens with zero attached hydrogens (tertiary/aromatic N) is 3. The lowest BCUT2D eigenvalue weighted by atomic mass is 10.1. The maximum atomic E-state index is 5.20. The second-order valence-corrected chi connectivity index (χ2v) is 5.43. The summed E-state index contributed by atoms with van der Waals surface area (Å²) in [6.07, 6.45) is 8.29. The van der Waals surface area contributed by atoms with Crippen molar-refractivity contribution in [1.29, 1.82) is 0 Å². The number of rotatable bonds is 4. The van der Waals surface area contributed by atoms with Crippen LogP contribution in [-0.4, -0.2) is 27.7 Å². The first-order valence-corrected chi connectivity index (χ1v) is 7.21. The third-order valence-corrected chi connectivity index (χ3v) is 3.89. The maximum Gasteiger partial charge on any atom is 0.143 e.